The molecule has 7 nitrogen and oxygen atoms in total. The SMILES string of the molecule is Cc1noc(C)c1S(=O)(=O)NC(=O)[C@H]1C[C@H]2CC[C@H]1O2. The fourth-order valence-corrected chi connectivity index (χ4v) is 4.39. The van der Waals surface area contributed by atoms with E-state index in [1.54, 1.807) is 0 Å². The number of fused-ring (bicyclic) bond motifs is 2. The Morgan fingerprint density at radius 3 is 2.60 bits per heavy atom. The van der Waals surface area contributed by atoms with E-state index < -0.39 is 15.9 Å². The molecule has 0 aromatic carbocycles. The van der Waals surface area contributed by atoms with E-state index in [2.05, 4.69) is 9.88 Å². The molecule has 20 heavy (non-hydrogen) atoms. The van der Waals surface area contributed by atoms with Crippen LogP contribution in [0.25, 0.3) is 0 Å². The molecule has 0 aliphatic carbocycles. The highest BCUT2D eigenvalue weighted by Gasteiger charge is 2.45. The lowest BCUT2D eigenvalue weighted by Gasteiger charge is -2.17. The first-order valence-electron chi connectivity index (χ1n) is 6.53. The van der Waals surface area contributed by atoms with Gasteiger partial charge >= 0.3 is 0 Å². The molecule has 2 bridgehead atoms. The summed E-state index contributed by atoms with van der Waals surface area (Å²) in [4.78, 5) is 12.1. The van der Waals surface area contributed by atoms with Crippen LogP contribution in [0.4, 0.5) is 0 Å². The average Bonchev–Trinajstić information content (AvgIpc) is 3.04. The molecular weight excluding hydrogens is 284 g/mol. The van der Waals surface area contributed by atoms with Crippen molar-refractivity contribution >= 4 is 15.9 Å². The standard InChI is InChI=1S/C12H16N2O5S/c1-6-11(7(2)19-13-6)20(16,17)14-12(15)9-5-8-3-4-10(9)18-8/h8-10H,3-5H2,1-2H3,(H,14,15)/t8-,9+,10-/m1/s1. The van der Waals surface area contributed by atoms with Gasteiger partial charge in [-0.1, -0.05) is 5.16 Å². The second-order valence-electron chi connectivity index (χ2n) is 5.34. The first-order valence-corrected chi connectivity index (χ1v) is 8.02. The van der Waals surface area contributed by atoms with Crippen molar-refractivity contribution in [2.24, 2.45) is 5.92 Å². The molecule has 2 fully saturated rings. The lowest BCUT2D eigenvalue weighted by atomic mass is 9.89. The van der Waals surface area contributed by atoms with Gasteiger partial charge in [0.2, 0.25) is 5.91 Å². The summed E-state index contributed by atoms with van der Waals surface area (Å²) in [7, 11) is -3.94. The van der Waals surface area contributed by atoms with Crippen molar-refractivity contribution in [2.75, 3.05) is 0 Å². The third-order valence-electron chi connectivity index (χ3n) is 3.91. The number of aryl methyl sites for hydroxylation is 2. The molecule has 0 radical (unpaired) electrons. The molecule has 2 aliphatic rings. The van der Waals surface area contributed by atoms with Crippen LogP contribution in [0, 0.1) is 19.8 Å². The smallest absolute Gasteiger partial charge is 0.269 e. The summed E-state index contributed by atoms with van der Waals surface area (Å²) < 4.78 is 37.0. The van der Waals surface area contributed by atoms with E-state index in [9.17, 15) is 13.2 Å². The zero-order chi connectivity index (χ0) is 14.5. The molecule has 2 saturated heterocycles. The first-order chi connectivity index (χ1) is 9.38. The van der Waals surface area contributed by atoms with Crippen LogP contribution in [0.3, 0.4) is 0 Å². The summed E-state index contributed by atoms with van der Waals surface area (Å²) in [6.45, 7) is 3.02. The van der Waals surface area contributed by atoms with Crippen molar-refractivity contribution in [1.82, 2.24) is 9.88 Å². The van der Waals surface area contributed by atoms with Gasteiger partial charge in [0.25, 0.3) is 10.0 Å². The Labute approximate surface area is 116 Å². The maximum Gasteiger partial charge on any atom is 0.269 e. The van der Waals surface area contributed by atoms with E-state index >= 15 is 0 Å². The van der Waals surface area contributed by atoms with Crippen molar-refractivity contribution in [3.05, 3.63) is 11.5 Å². The molecule has 3 heterocycles. The molecule has 1 N–H and O–H groups in total. The molecule has 110 valence electrons. The zero-order valence-electron chi connectivity index (χ0n) is 11.3. The number of rotatable bonds is 3. The summed E-state index contributed by atoms with van der Waals surface area (Å²) in [6.07, 6.45) is 2.30. The van der Waals surface area contributed by atoms with Crippen LogP contribution in [-0.4, -0.2) is 31.7 Å². The van der Waals surface area contributed by atoms with Crippen molar-refractivity contribution in [1.29, 1.82) is 0 Å². The van der Waals surface area contributed by atoms with Crippen molar-refractivity contribution < 1.29 is 22.5 Å². The minimum Gasteiger partial charge on any atom is -0.374 e. The number of hydrogen-bond donors (Lipinski definition) is 1. The number of nitrogens with zero attached hydrogens (tertiary/aromatic N) is 1. The number of nitrogens with one attached hydrogen (secondary N) is 1. The molecule has 3 atom stereocenters. The number of sulfonamides is 1. The van der Waals surface area contributed by atoms with Gasteiger partial charge in [0.05, 0.1) is 18.1 Å². The lowest BCUT2D eigenvalue weighted by Crippen LogP contribution is -2.39. The second-order valence-corrected chi connectivity index (χ2v) is 6.96. The average molecular weight is 300 g/mol. The van der Waals surface area contributed by atoms with E-state index in [0.717, 1.165) is 12.8 Å². The molecule has 2 aliphatic heterocycles. The summed E-state index contributed by atoms with van der Waals surface area (Å²) >= 11 is 0. The van der Waals surface area contributed by atoms with Crippen LogP contribution in [0.2, 0.25) is 0 Å². The third kappa shape index (κ3) is 2.12. The van der Waals surface area contributed by atoms with Gasteiger partial charge in [-0.25, -0.2) is 13.1 Å². The highest BCUT2D eigenvalue weighted by atomic mass is 32.2. The van der Waals surface area contributed by atoms with Gasteiger partial charge in [-0.3, -0.25) is 4.79 Å². The van der Waals surface area contributed by atoms with E-state index in [-0.39, 0.29) is 34.5 Å². The molecule has 1 amide bonds. The van der Waals surface area contributed by atoms with Gasteiger partial charge < -0.3 is 9.26 Å². The van der Waals surface area contributed by atoms with Gasteiger partial charge in [0, 0.05) is 0 Å². The summed E-state index contributed by atoms with van der Waals surface area (Å²) in [5.41, 5.74) is 0.243. The van der Waals surface area contributed by atoms with Crippen molar-refractivity contribution in [3.63, 3.8) is 0 Å². The van der Waals surface area contributed by atoms with Gasteiger partial charge in [-0.15, -0.1) is 0 Å². The molecule has 8 heteroatoms. The Hall–Kier alpha value is -1.41. The van der Waals surface area contributed by atoms with E-state index in [1.165, 1.54) is 13.8 Å². The van der Waals surface area contributed by atoms with E-state index in [0.29, 0.717) is 6.42 Å². The number of carbonyl (C=O) groups is 1. The van der Waals surface area contributed by atoms with Crippen LogP contribution in [0.5, 0.6) is 0 Å². The number of amides is 1. The minimum absolute atomic E-state index is 0.0603. The summed E-state index contributed by atoms with van der Waals surface area (Å²) in [5.74, 6) is -0.715. The Kier molecular flexibility index (Phi) is 3.09. The van der Waals surface area contributed by atoms with Crippen molar-refractivity contribution in [3.8, 4) is 0 Å². The third-order valence-corrected chi connectivity index (χ3v) is 5.50. The second kappa shape index (κ2) is 4.56. The first kappa shape index (κ1) is 13.6. The van der Waals surface area contributed by atoms with Gasteiger partial charge in [-0.05, 0) is 33.1 Å². The molecule has 0 spiro atoms. The highest BCUT2D eigenvalue weighted by Crippen LogP contribution is 2.39. The monoisotopic (exact) mass is 300 g/mol. The quantitative estimate of drug-likeness (QED) is 0.880. The number of ether oxygens (including phenoxy) is 1. The molecule has 1 aromatic rings. The van der Waals surface area contributed by atoms with Crippen LogP contribution in [0.1, 0.15) is 30.7 Å². The minimum atomic E-state index is -3.94. The largest absolute Gasteiger partial charge is 0.374 e. The predicted octanol–water partition coefficient (Wildman–Crippen LogP) is 0.664. The van der Waals surface area contributed by atoms with E-state index in [4.69, 9.17) is 9.26 Å². The number of aromatic nitrogens is 1. The van der Waals surface area contributed by atoms with E-state index in [1.807, 2.05) is 0 Å². The van der Waals surface area contributed by atoms with Crippen LogP contribution in [-0.2, 0) is 19.6 Å². The Bertz CT molecular complexity index is 631. The Morgan fingerprint density at radius 1 is 1.35 bits per heavy atom. The number of hydrogen-bond acceptors (Lipinski definition) is 6. The fraction of sp³-hybridized carbons (Fsp3) is 0.667. The molecular formula is C12H16N2O5S. The van der Waals surface area contributed by atoms with Gasteiger partial charge in [0.1, 0.15) is 5.69 Å². The molecule has 1 aromatic heterocycles. The maximum atomic E-state index is 12.2. The summed E-state index contributed by atoms with van der Waals surface area (Å²) in [6, 6.07) is 0. The maximum absolute atomic E-state index is 12.2. The molecule has 0 saturated carbocycles. The highest BCUT2D eigenvalue weighted by molar-refractivity contribution is 7.90. The van der Waals surface area contributed by atoms with Crippen LogP contribution < -0.4 is 4.72 Å². The fourth-order valence-electron chi connectivity index (χ4n) is 3.03. The normalized spacial score (nSPS) is 28.8. The van der Waals surface area contributed by atoms with Crippen LogP contribution in [0.15, 0.2) is 9.42 Å². The number of carbonyl (C=O) groups excluding carboxylic acids is 1. The zero-order valence-corrected chi connectivity index (χ0v) is 12.1. The van der Waals surface area contributed by atoms with Gasteiger partial charge in [0.15, 0.2) is 10.7 Å². The molecule has 0 unspecified atom stereocenters. The summed E-state index contributed by atoms with van der Waals surface area (Å²) in [5, 5.41) is 3.60. The van der Waals surface area contributed by atoms with Crippen molar-refractivity contribution in [2.45, 2.75) is 50.2 Å². The Morgan fingerprint density at radius 2 is 2.10 bits per heavy atom. The lowest BCUT2D eigenvalue weighted by molar-refractivity contribution is -0.124. The van der Waals surface area contributed by atoms with Gasteiger partial charge in [-0.2, -0.15) is 0 Å². The molecule has 3 rings (SSSR count). The predicted molar refractivity (Wildman–Crippen MR) is 67.3 cm³/mol. The van der Waals surface area contributed by atoms with Crippen LogP contribution >= 0.6 is 0 Å². The topological polar surface area (TPSA) is 98.5 Å². The Balaban J connectivity index is 1.79.